The van der Waals surface area contributed by atoms with Gasteiger partial charge in [0.05, 0.1) is 36.2 Å². The van der Waals surface area contributed by atoms with Crippen LogP contribution in [-0.4, -0.2) is 48.0 Å². The van der Waals surface area contributed by atoms with Crippen LogP contribution in [-0.2, 0) is 23.7 Å². The lowest BCUT2D eigenvalue weighted by Crippen LogP contribution is -2.60. The van der Waals surface area contributed by atoms with Gasteiger partial charge in [0.15, 0.2) is 5.76 Å². The third-order valence-electron chi connectivity index (χ3n) is 8.10. The van der Waals surface area contributed by atoms with Crippen molar-refractivity contribution in [1.82, 2.24) is 4.90 Å². The second kappa shape index (κ2) is 5.22. The Balaban J connectivity index is 1.49. The molecule has 8 atom stereocenters. The zero-order chi connectivity index (χ0) is 19.4. The van der Waals surface area contributed by atoms with Crippen LogP contribution in [0.3, 0.4) is 0 Å². The predicted octanol–water partition coefficient (Wildman–Crippen LogP) is 2.87. The Labute approximate surface area is 165 Å². The molecule has 6 aliphatic heterocycles. The number of nitrogens with zero attached hydrogens (tertiary/aromatic N) is 1. The predicted molar refractivity (Wildman–Crippen MR) is 99.6 cm³/mol. The maximum absolute atomic E-state index is 12.2. The van der Waals surface area contributed by atoms with Gasteiger partial charge in [0.25, 0.3) is 0 Å². The molecule has 6 heteroatoms. The van der Waals surface area contributed by atoms with E-state index in [0.29, 0.717) is 29.1 Å². The number of allylic oxidation sites excluding steroid dienone is 2. The van der Waals surface area contributed by atoms with Crippen LogP contribution in [0.1, 0.15) is 40.0 Å². The van der Waals surface area contributed by atoms with Crippen LogP contribution in [0.4, 0.5) is 0 Å². The van der Waals surface area contributed by atoms with E-state index in [4.69, 9.17) is 18.9 Å². The molecule has 0 aromatic heterocycles. The number of piperidine rings is 1. The third kappa shape index (κ3) is 1.60. The quantitative estimate of drug-likeness (QED) is 0.550. The van der Waals surface area contributed by atoms with Crippen LogP contribution >= 0.6 is 0 Å². The van der Waals surface area contributed by atoms with E-state index in [1.807, 2.05) is 0 Å². The Morgan fingerprint density at radius 2 is 2.21 bits per heavy atom. The molecule has 28 heavy (non-hydrogen) atoms. The molecule has 6 heterocycles. The molecular weight excluding hydrogens is 358 g/mol. The highest BCUT2D eigenvalue weighted by atomic mass is 16.7. The van der Waals surface area contributed by atoms with Gasteiger partial charge < -0.3 is 18.9 Å². The molecule has 5 fully saturated rings. The summed E-state index contributed by atoms with van der Waals surface area (Å²) in [6, 6.07) is 0.445. The molecule has 6 rings (SSSR count). The number of cyclic esters (lactones) is 1. The van der Waals surface area contributed by atoms with Crippen LogP contribution < -0.4 is 0 Å². The maximum Gasteiger partial charge on any atom is 0.343 e. The fourth-order valence-corrected chi connectivity index (χ4v) is 7.22. The van der Waals surface area contributed by atoms with Crippen molar-refractivity contribution in [2.75, 3.05) is 13.7 Å². The van der Waals surface area contributed by atoms with Crippen molar-refractivity contribution in [3.05, 3.63) is 35.0 Å². The number of hydrogen-bond acceptors (Lipinski definition) is 6. The lowest BCUT2D eigenvalue weighted by Gasteiger charge is -2.47. The first-order chi connectivity index (χ1) is 13.5. The largest absolute Gasteiger partial charge is 0.492 e. The van der Waals surface area contributed by atoms with Crippen molar-refractivity contribution >= 4 is 5.97 Å². The molecule has 0 N–H and O–H groups in total. The van der Waals surface area contributed by atoms with Gasteiger partial charge in [-0.3, -0.25) is 4.90 Å². The van der Waals surface area contributed by atoms with Gasteiger partial charge in [0.1, 0.15) is 5.76 Å². The number of ether oxygens (including phenoxy) is 4. The summed E-state index contributed by atoms with van der Waals surface area (Å²) in [7, 11) is 1.57. The smallest absolute Gasteiger partial charge is 0.343 e. The van der Waals surface area contributed by atoms with Crippen LogP contribution in [0.5, 0.6) is 0 Å². The number of methoxy groups -OCH3 is 1. The highest BCUT2D eigenvalue weighted by Gasteiger charge is 2.83. The zero-order valence-corrected chi connectivity index (χ0v) is 16.9. The minimum absolute atomic E-state index is 0.0286. The van der Waals surface area contributed by atoms with Gasteiger partial charge in [0.2, 0.25) is 11.5 Å². The standard InChI is InChI=1S/C22H27NO5/c1-5-6-8-21-14-7-9-23(21)13-10-15(21)27-22(14)16(13)11(2)18(28-22)19-17(25-4)12(3)20(24)26-19/h6,8,11,13-16H,5,7,9-10H2,1-4H3/b8-6+,19-18+/t11-,13-,14+,15-,16+,21-,22+/m0/s1. The third-order valence-corrected chi connectivity index (χ3v) is 8.10. The molecule has 0 aromatic carbocycles. The Bertz CT molecular complexity index is 874. The highest BCUT2D eigenvalue weighted by molar-refractivity contribution is 5.93. The molecule has 0 saturated carbocycles. The number of hydrogen-bond donors (Lipinski definition) is 0. The number of rotatable bonds is 3. The molecule has 5 saturated heterocycles. The molecule has 0 amide bonds. The van der Waals surface area contributed by atoms with E-state index < -0.39 is 5.79 Å². The molecule has 6 nitrogen and oxygen atoms in total. The summed E-state index contributed by atoms with van der Waals surface area (Å²) in [4.78, 5) is 14.9. The van der Waals surface area contributed by atoms with Gasteiger partial charge in [-0.1, -0.05) is 26.0 Å². The molecule has 0 aliphatic carbocycles. The van der Waals surface area contributed by atoms with Gasteiger partial charge in [-0.2, -0.15) is 0 Å². The Morgan fingerprint density at radius 3 is 2.96 bits per heavy atom. The molecule has 0 radical (unpaired) electrons. The van der Waals surface area contributed by atoms with E-state index in [1.165, 1.54) is 0 Å². The molecule has 150 valence electrons. The summed E-state index contributed by atoms with van der Waals surface area (Å²) in [5.74, 6) is 1.38. The molecular formula is C22H27NO5. The summed E-state index contributed by atoms with van der Waals surface area (Å²) >= 11 is 0. The molecule has 1 unspecified atom stereocenters. The topological polar surface area (TPSA) is 57.2 Å². The number of fused-ring (bicyclic) bond motifs is 1. The molecule has 6 aliphatic rings. The van der Waals surface area contributed by atoms with E-state index in [9.17, 15) is 4.79 Å². The zero-order valence-electron chi connectivity index (χ0n) is 16.9. The van der Waals surface area contributed by atoms with Gasteiger partial charge in [-0.25, -0.2) is 4.79 Å². The monoisotopic (exact) mass is 385 g/mol. The van der Waals surface area contributed by atoms with E-state index in [2.05, 4.69) is 30.9 Å². The van der Waals surface area contributed by atoms with Gasteiger partial charge in [0, 0.05) is 18.5 Å². The summed E-state index contributed by atoms with van der Waals surface area (Å²) in [5, 5.41) is 0. The van der Waals surface area contributed by atoms with Crippen LogP contribution in [0.25, 0.3) is 0 Å². The molecule has 0 aromatic rings. The fourth-order valence-electron chi connectivity index (χ4n) is 7.22. The summed E-state index contributed by atoms with van der Waals surface area (Å²) in [6.07, 6.45) is 8.04. The van der Waals surface area contributed by atoms with Crippen molar-refractivity contribution in [1.29, 1.82) is 0 Å². The van der Waals surface area contributed by atoms with Crippen molar-refractivity contribution in [2.24, 2.45) is 17.8 Å². The second-order valence-electron chi connectivity index (χ2n) is 9.02. The van der Waals surface area contributed by atoms with Crippen molar-refractivity contribution in [2.45, 2.75) is 63.5 Å². The summed E-state index contributed by atoms with van der Waals surface area (Å²) < 4.78 is 24.5. The molecule has 5 bridgehead atoms. The Kier molecular flexibility index (Phi) is 3.19. The number of carbonyl (C=O) groups is 1. The fraction of sp³-hybridized carbons (Fsp3) is 0.682. The maximum atomic E-state index is 12.2. The van der Waals surface area contributed by atoms with Gasteiger partial charge in [-0.15, -0.1) is 0 Å². The summed E-state index contributed by atoms with van der Waals surface area (Å²) in [5.41, 5.74) is 0.467. The minimum atomic E-state index is -0.609. The van der Waals surface area contributed by atoms with Crippen LogP contribution in [0.2, 0.25) is 0 Å². The average Bonchev–Trinajstić information content (AvgIpc) is 3.38. The lowest BCUT2D eigenvalue weighted by atomic mass is 9.71. The number of carbonyl (C=O) groups excluding carboxylic acids is 1. The van der Waals surface area contributed by atoms with Gasteiger partial charge in [-0.05, 0) is 26.2 Å². The molecule has 1 spiro atoms. The normalized spacial score (nSPS) is 52.8. The SMILES string of the molecule is CC/C=C/[C@@]12[C@@H]3C[C@H]4[C@H]5[C@H](C)/C(=C6\OC(=O)C(C)=C6OC)O[C@]5(O3)[C@@H]1CCN42. The van der Waals surface area contributed by atoms with E-state index in [0.717, 1.165) is 31.6 Å². The average molecular weight is 385 g/mol. The second-order valence-corrected chi connectivity index (χ2v) is 9.02. The highest BCUT2D eigenvalue weighted by Crippen LogP contribution is 2.72. The van der Waals surface area contributed by atoms with Crippen molar-refractivity contribution < 1.29 is 23.7 Å². The van der Waals surface area contributed by atoms with Crippen molar-refractivity contribution in [3.63, 3.8) is 0 Å². The van der Waals surface area contributed by atoms with E-state index >= 15 is 0 Å². The van der Waals surface area contributed by atoms with Crippen LogP contribution in [0.15, 0.2) is 35.0 Å². The first kappa shape index (κ1) is 17.1. The van der Waals surface area contributed by atoms with Gasteiger partial charge >= 0.3 is 5.97 Å². The lowest BCUT2D eigenvalue weighted by molar-refractivity contribution is -0.255. The minimum Gasteiger partial charge on any atom is -0.492 e. The van der Waals surface area contributed by atoms with E-state index in [-0.39, 0.29) is 29.4 Å². The van der Waals surface area contributed by atoms with Crippen LogP contribution in [0, 0.1) is 17.8 Å². The first-order valence-electron chi connectivity index (χ1n) is 10.5. The first-order valence-corrected chi connectivity index (χ1v) is 10.5. The van der Waals surface area contributed by atoms with E-state index in [1.54, 1.807) is 14.0 Å². The Hall–Kier alpha value is -1.79. The Morgan fingerprint density at radius 1 is 1.39 bits per heavy atom. The number of esters is 1. The van der Waals surface area contributed by atoms with Crippen molar-refractivity contribution in [3.8, 4) is 0 Å². The summed E-state index contributed by atoms with van der Waals surface area (Å²) in [6.45, 7) is 7.21.